The van der Waals surface area contributed by atoms with Crippen molar-refractivity contribution in [3.8, 4) is 0 Å². The van der Waals surface area contributed by atoms with Crippen molar-refractivity contribution in [1.82, 2.24) is 15.2 Å². The van der Waals surface area contributed by atoms with Crippen molar-refractivity contribution >= 4 is 0 Å². The van der Waals surface area contributed by atoms with Gasteiger partial charge in [0.05, 0.1) is 5.69 Å². The Morgan fingerprint density at radius 2 is 1.67 bits per heavy atom. The molecule has 0 atom stereocenters. The Bertz CT molecular complexity index is 337. The minimum absolute atomic E-state index is 0.785. The number of hydrogen-bond donors (Lipinski definition) is 1. The maximum Gasteiger partial charge on any atom is 0.0541 e. The molecule has 0 unspecified atom stereocenters. The van der Waals surface area contributed by atoms with E-state index in [1.165, 1.54) is 25.9 Å². The predicted octanol–water partition coefficient (Wildman–Crippen LogP) is 3.57. The highest BCUT2D eigenvalue weighted by Gasteiger charge is 2.07. The van der Waals surface area contributed by atoms with Gasteiger partial charge in [0.25, 0.3) is 0 Å². The van der Waals surface area contributed by atoms with E-state index in [4.69, 9.17) is 0 Å². The van der Waals surface area contributed by atoms with Crippen molar-refractivity contribution in [3.05, 3.63) is 30.1 Å². The quantitative estimate of drug-likeness (QED) is 0.632. The van der Waals surface area contributed by atoms with Gasteiger partial charge in [0, 0.05) is 25.8 Å². The fourth-order valence-corrected chi connectivity index (χ4v) is 2.17. The first-order chi connectivity index (χ1) is 10.1. The van der Waals surface area contributed by atoms with Crippen LogP contribution in [0.25, 0.3) is 0 Å². The van der Waals surface area contributed by atoms with Crippen LogP contribution < -0.4 is 5.32 Å². The monoisotopic (exact) mass is 291 g/mol. The van der Waals surface area contributed by atoms with Crippen molar-refractivity contribution in [3.63, 3.8) is 0 Å². The lowest BCUT2D eigenvalue weighted by Crippen LogP contribution is -2.34. The number of nitrogens with zero attached hydrogens (tertiary/aromatic N) is 2. The summed E-state index contributed by atoms with van der Waals surface area (Å²) in [5, 5.41) is 3.50. The van der Waals surface area contributed by atoms with Crippen molar-refractivity contribution in [1.29, 1.82) is 0 Å². The van der Waals surface area contributed by atoms with Gasteiger partial charge in [-0.05, 0) is 49.9 Å². The molecular weight excluding hydrogens is 258 g/mol. The second kappa shape index (κ2) is 10.7. The Hall–Kier alpha value is -0.930. The molecule has 1 aromatic rings. The topological polar surface area (TPSA) is 28.2 Å². The van der Waals surface area contributed by atoms with Gasteiger partial charge < -0.3 is 10.2 Å². The molecular formula is C18H33N3. The summed E-state index contributed by atoms with van der Waals surface area (Å²) < 4.78 is 0. The van der Waals surface area contributed by atoms with Crippen LogP contribution in [0.4, 0.5) is 0 Å². The van der Waals surface area contributed by atoms with E-state index in [9.17, 15) is 0 Å². The molecule has 21 heavy (non-hydrogen) atoms. The second-order valence-electron chi connectivity index (χ2n) is 6.70. The first kappa shape index (κ1) is 18.1. The summed E-state index contributed by atoms with van der Waals surface area (Å²) in [6.07, 6.45) is 4.44. The largest absolute Gasteiger partial charge is 0.310 e. The molecule has 0 radical (unpaired) electrons. The Labute approximate surface area is 131 Å². The molecule has 0 bridgehead atoms. The SMILES string of the molecule is CC(C)CCN(CCNCc1ccccn1)CCC(C)C. The van der Waals surface area contributed by atoms with Crippen molar-refractivity contribution in [2.75, 3.05) is 26.2 Å². The predicted molar refractivity (Wildman–Crippen MR) is 91.3 cm³/mol. The maximum atomic E-state index is 4.34. The number of pyridine rings is 1. The zero-order valence-electron chi connectivity index (χ0n) is 14.3. The van der Waals surface area contributed by atoms with E-state index in [0.717, 1.165) is 37.2 Å². The lowest BCUT2D eigenvalue weighted by molar-refractivity contribution is 0.243. The van der Waals surface area contributed by atoms with Gasteiger partial charge >= 0.3 is 0 Å². The summed E-state index contributed by atoms with van der Waals surface area (Å²) in [5.74, 6) is 1.57. The molecule has 1 rings (SSSR count). The van der Waals surface area contributed by atoms with Crippen molar-refractivity contribution in [2.45, 2.75) is 47.1 Å². The van der Waals surface area contributed by atoms with Gasteiger partial charge in [0.15, 0.2) is 0 Å². The zero-order valence-corrected chi connectivity index (χ0v) is 14.3. The maximum absolute atomic E-state index is 4.34. The minimum Gasteiger partial charge on any atom is -0.310 e. The zero-order chi connectivity index (χ0) is 15.5. The van der Waals surface area contributed by atoms with Gasteiger partial charge in [-0.1, -0.05) is 33.8 Å². The average Bonchev–Trinajstić information content (AvgIpc) is 2.46. The molecule has 1 N–H and O–H groups in total. The van der Waals surface area contributed by atoms with E-state index in [1.54, 1.807) is 0 Å². The highest BCUT2D eigenvalue weighted by atomic mass is 15.1. The van der Waals surface area contributed by atoms with E-state index in [2.05, 4.69) is 49.0 Å². The van der Waals surface area contributed by atoms with E-state index in [0.29, 0.717) is 0 Å². The van der Waals surface area contributed by atoms with Crippen LogP contribution in [-0.2, 0) is 6.54 Å². The molecule has 0 aliphatic heterocycles. The summed E-state index contributed by atoms with van der Waals surface area (Å²) in [6.45, 7) is 14.7. The third-order valence-electron chi connectivity index (χ3n) is 3.68. The van der Waals surface area contributed by atoms with Crippen LogP contribution in [0.2, 0.25) is 0 Å². The van der Waals surface area contributed by atoms with E-state index in [-0.39, 0.29) is 0 Å². The third-order valence-corrected chi connectivity index (χ3v) is 3.68. The standard InChI is InChI=1S/C18H33N3/c1-16(2)8-12-21(13-9-17(3)4)14-11-19-15-18-7-5-6-10-20-18/h5-7,10,16-17,19H,8-9,11-15H2,1-4H3. The van der Waals surface area contributed by atoms with Gasteiger partial charge in [-0.3, -0.25) is 4.98 Å². The summed E-state index contributed by atoms with van der Waals surface area (Å²) in [5.41, 5.74) is 1.12. The van der Waals surface area contributed by atoms with Gasteiger partial charge in [0.1, 0.15) is 0 Å². The molecule has 0 fully saturated rings. The molecule has 3 nitrogen and oxygen atoms in total. The van der Waals surface area contributed by atoms with Crippen molar-refractivity contribution in [2.24, 2.45) is 11.8 Å². The first-order valence-corrected chi connectivity index (χ1v) is 8.41. The van der Waals surface area contributed by atoms with Gasteiger partial charge in [0.2, 0.25) is 0 Å². The van der Waals surface area contributed by atoms with Gasteiger partial charge in [-0.25, -0.2) is 0 Å². The van der Waals surface area contributed by atoms with E-state index >= 15 is 0 Å². The van der Waals surface area contributed by atoms with Crippen LogP contribution in [0.3, 0.4) is 0 Å². The molecule has 1 heterocycles. The van der Waals surface area contributed by atoms with E-state index in [1.807, 2.05) is 18.3 Å². The fourth-order valence-electron chi connectivity index (χ4n) is 2.17. The number of nitrogens with one attached hydrogen (secondary N) is 1. The molecule has 0 spiro atoms. The molecule has 0 aromatic carbocycles. The van der Waals surface area contributed by atoms with Crippen LogP contribution in [-0.4, -0.2) is 36.1 Å². The Morgan fingerprint density at radius 3 is 2.19 bits per heavy atom. The molecule has 0 saturated heterocycles. The van der Waals surface area contributed by atoms with Gasteiger partial charge in [-0.2, -0.15) is 0 Å². The molecule has 0 aliphatic rings. The number of aromatic nitrogens is 1. The summed E-state index contributed by atoms with van der Waals surface area (Å²) >= 11 is 0. The highest BCUT2D eigenvalue weighted by molar-refractivity contribution is 5.02. The van der Waals surface area contributed by atoms with Crippen LogP contribution in [0.1, 0.15) is 46.2 Å². The van der Waals surface area contributed by atoms with Gasteiger partial charge in [-0.15, -0.1) is 0 Å². The normalized spacial score (nSPS) is 11.8. The summed E-state index contributed by atoms with van der Waals surface area (Å²) in [7, 11) is 0. The third kappa shape index (κ3) is 9.59. The van der Waals surface area contributed by atoms with Crippen LogP contribution in [0, 0.1) is 11.8 Å². The molecule has 0 amide bonds. The summed E-state index contributed by atoms with van der Waals surface area (Å²) in [6, 6.07) is 6.08. The lowest BCUT2D eigenvalue weighted by atomic mass is 10.1. The van der Waals surface area contributed by atoms with Crippen LogP contribution in [0.5, 0.6) is 0 Å². The van der Waals surface area contributed by atoms with Crippen LogP contribution >= 0.6 is 0 Å². The number of hydrogen-bond acceptors (Lipinski definition) is 3. The van der Waals surface area contributed by atoms with Crippen LogP contribution in [0.15, 0.2) is 24.4 Å². The minimum atomic E-state index is 0.785. The Morgan fingerprint density at radius 1 is 1.00 bits per heavy atom. The average molecular weight is 291 g/mol. The molecule has 3 heteroatoms. The summed E-state index contributed by atoms with van der Waals surface area (Å²) in [4.78, 5) is 6.94. The highest BCUT2D eigenvalue weighted by Crippen LogP contribution is 2.06. The second-order valence-corrected chi connectivity index (χ2v) is 6.70. The molecule has 0 saturated carbocycles. The first-order valence-electron chi connectivity index (χ1n) is 8.41. The van der Waals surface area contributed by atoms with Crippen molar-refractivity contribution < 1.29 is 0 Å². The Kier molecular flexibility index (Phi) is 9.27. The smallest absolute Gasteiger partial charge is 0.0541 e. The number of rotatable bonds is 11. The fraction of sp³-hybridized carbons (Fsp3) is 0.722. The molecule has 1 aromatic heterocycles. The molecule has 120 valence electrons. The lowest BCUT2D eigenvalue weighted by Gasteiger charge is -2.24. The van der Waals surface area contributed by atoms with E-state index < -0.39 is 0 Å². The Balaban J connectivity index is 2.24. The molecule has 0 aliphatic carbocycles.